The van der Waals surface area contributed by atoms with Crippen LogP contribution < -0.4 is 0 Å². The predicted molar refractivity (Wildman–Crippen MR) is 41.8 cm³/mol. The minimum absolute atomic E-state index is 0.0620. The molecule has 1 aromatic heterocycles. The van der Waals surface area contributed by atoms with Crippen molar-refractivity contribution < 1.29 is 5.11 Å². The Morgan fingerprint density at radius 3 is 2.78 bits per heavy atom. The molecule has 0 atom stereocenters. The molecule has 0 aliphatic heterocycles. The lowest BCUT2D eigenvalue weighted by Gasteiger charge is -1.92. The molecule has 0 saturated heterocycles. The van der Waals surface area contributed by atoms with Crippen molar-refractivity contribution in [1.82, 2.24) is 9.78 Å². The van der Waals surface area contributed by atoms with Gasteiger partial charge in [0.25, 0.3) is 0 Å². The van der Waals surface area contributed by atoms with Crippen LogP contribution in [-0.2, 0) is 13.7 Å². The number of aliphatic hydroxyl groups is 1. The van der Waals surface area contributed by atoms with E-state index in [1.807, 2.05) is 13.1 Å². The fourth-order valence-electron chi connectivity index (χ4n) is 0.615. The van der Waals surface area contributed by atoms with Crippen molar-refractivity contribution in [3.63, 3.8) is 0 Å². The Morgan fingerprint density at radius 1 is 1.89 bits per heavy atom. The average Bonchev–Trinajstić information content (AvgIpc) is 2.10. The number of aliphatic hydroxyl groups excluding tert-OH is 1. The molecule has 1 rings (SSSR count). The molecular formula is C5H7IN2O. The highest BCUT2D eigenvalue weighted by Crippen LogP contribution is 2.04. The summed E-state index contributed by atoms with van der Waals surface area (Å²) in [5, 5.41) is 12.7. The van der Waals surface area contributed by atoms with E-state index in [2.05, 4.69) is 27.7 Å². The van der Waals surface area contributed by atoms with E-state index in [9.17, 15) is 0 Å². The van der Waals surface area contributed by atoms with Crippen LogP contribution in [0, 0.1) is 3.70 Å². The highest BCUT2D eigenvalue weighted by Gasteiger charge is 1.98. The van der Waals surface area contributed by atoms with Crippen molar-refractivity contribution in [2.75, 3.05) is 0 Å². The Kier molecular flexibility index (Phi) is 2.07. The summed E-state index contributed by atoms with van der Waals surface area (Å²) in [5.74, 6) is 0. The van der Waals surface area contributed by atoms with Crippen molar-refractivity contribution in [3.05, 3.63) is 15.5 Å². The Labute approximate surface area is 66.8 Å². The second-order valence-corrected chi connectivity index (χ2v) is 2.85. The Bertz CT molecular complexity index is 209. The summed E-state index contributed by atoms with van der Waals surface area (Å²) in [6.07, 6.45) is 0. The molecule has 0 bridgehead atoms. The van der Waals surface area contributed by atoms with Crippen LogP contribution in [-0.4, -0.2) is 14.9 Å². The molecule has 1 aromatic rings. The molecule has 0 saturated carbocycles. The van der Waals surface area contributed by atoms with Gasteiger partial charge in [-0.15, -0.1) is 0 Å². The molecule has 1 N–H and O–H groups in total. The van der Waals surface area contributed by atoms with Crippen LogP contribution in [0.2, 0.25) is 0 Å². The summed E-state index contributed by atoms with van der Waals surface area (Å²) in [4.78, 5) is 0. The van der Waals surface area contributed by atoms with Gasteiger partial charge in [-0.3, -0.25) is 4.68 Å². The first-order valence-electron chi connectivity index (χ1n) is 2.53. The molecule has 0 amide bonds. The molecule has 0 fully saturated rings. The lowest BCUT2D eigenvalue weighted by atomic mass is 10.5. The second-order valence-electron chi connectivity index (χ2n) is 1.74. The Balaban J connectivity index is 3.01. The maximum atomic E-state index is 8.67. The van der Waals surface area contributed by atoms with Crippen LogP contribution >= 0.6 is 22.6 Å². The van der Waals surface area contributed by atoms with Crippen molar-refractivity contribution in [3.8, 4) is 0 Å². The van der Waals surface area contributed by atoms with Gasteiger partial charge in [-0.1, -0.05) is 0 Å². The zero-order valence-electron chi connectivity index (χ0n) is 5.00. The maximum absolute atomic E-state index is 8.67. The van der Waals surface area contributed by atoms with Gasteiger partial charge in [-0.05, 0) is 28.7 Å². The van der Waals surface area contributed by atoms with E-state index in [1.54, 1.807) is 4.68 Å². The van der Waals surface area contributed by atoms with E-state index in [0.717, 1.165) is 9.39 Å². The summed E-state index contributed by atoms with van der Waals surface area (Å²) < 4.78 is 2.58. The third-order valence-electron chi connectivity index (χ3n) is 1.11. The van der Waals surface area contributed by atoms with Crippen LogP contribution in [0.4, 0.5) is 0 Å². The molecule has 0 radical (unpaired) electrons. The Morgan fingerprint density at radius 2 is 2.56 bits per heavy atom. The van der Waals surface area contributed by atoms with Crippen molar-refractivity contribution in [2.45, 2.75) is 6.61 Å². The third kappa shape index (κ3) is 1.42. The number of nitrogens with zero attached hydrogens (tertiary/aromatic N) is 2. The summed E-state index contributed by atoms with van der Waals surface area (Å²) >= 11 is 2.11. The van der Waals surface area contributed by atoms with Gasteiger partial charge in [0.2, 0.25) is 0 Å². The van der Waals surface area contributed by atoms with Gasteiger partial charge >= 0.3 is 0 Å². The molecule has 0 unspecified atom stereocenters. The fraction of sp³-hybridized carbons (Fsp3) is 0.400. The zero-order valence-corrected chi connectivity index (χ0v) is 7.16. The number of hydrogen-bond donors (Lipinski definition) is 1. The first-order chi connectivity index (χ1) is 4.24. The highest BCUT2D eigenvalue weighted by molar-refractivity contribution is 14.1. The van der Waals surface area contributed by atoms with Gasteiger partial charge < -0.3 is 5.11 Å². The zero-order chi connectivity index (χ0) is 6.85. The van der Waals surface area contributed by atoms with Crippen LogP contribution in [0.25, 0.3) is 0 Å². The van der Waals surface area contributed by atoms with Crippen LogP contribution in [0.1, 0.15) is 5.69 Å². The van der Waals surface area contributed by atoms with Gasteiger partial charge in [-0.25, -0.2) is 0 Å². The van der Waals surface area contributed by atoms with Gasteiger partial charge in [0.15, 0.2) is 0 Å². The SMILES string of the molecule is Cn1nc(I)cc1CO. The number of halogens is 1. The third-order valence-corrected chi connectivity index (χ3v) is 1.64. The largest absolute Gasteiger partial charge is 0.390 e. The normalized spacial score (nSPS) is 10.1. The lowest BCUT2D eigenvalue weighted by molar-refractivity contribution is 0.270. The van der Waals surface area contributed by atoms with Crippen LogP contribution in [0.5, 0.6) is 0 Å². The second kappa shape index (κ2) is 2.66. The molecule has 50 valence electrons. The van der Waals surface area contributed by atoms with Crippen molar-refractivity contribution >= 4 is 22.6 Å². The average molecular weight is 238 g/mol. The van der Waals surface area contributed by atoms with Gasteiger partial charge in [0, 0.05) is 7.05 Å². The number of rotatable bonds is 1. The summed E-state index contributed by atoms with van der Waals surface area (Å²) in [5.41, 5.74) is 0.847. The van der Waals surface area contributed by atoms with Gasteiger partial charge in [-0.2, -0.15) is 5.10 Å². The Hall–Kier alpha value is -0.100. The van der Waals surface area contributed by atoms with Crippen LogP contribution in [0.15, 0.2) is 6.07 Å². The quantitative estimate of drug-likeness (QED) is 0.724. The molecular weight excluding hydrogens is 231 g/mol. The first-order valence-corrected chi connectivity index (χ1v) is 3.61. The standard InChI is InChI=1S/C5H7IN2O/c1-8-4(3-9)2-5(6)7-8/h2,9H,3H2,1H3. The van der Waals surface area contributed by atoms with E-state index in [4.69, 9.17) is 5.11 Å². The minimum atomic E-state index is 0.0620. The predicted octanol–water partition coefficient (Wildman–Crippen LogP) is 0.517. The number of aromatic nitrogens is 2. The van der Waals surface area contributed by atoms with Gasteiger partial charge in [0.05, 0.1) is 12.3 Å². The summed E-state index contributed by atoms with van der Waals surface area (Å²) in [7, 11) is 1.81. The molecule has 4 heteroatoms. The fourth-order valence-corrected chi connectivity index (χ4v) is 1.30. The van der Waals surface area contributed by atoms with E-state index in [-0.39, 0.29) is 6.61 Å². The monoisotopic (exact) mass is 238 g/mol. The molecule has 0 aromatic carbocycles. The molecule has 0 spiro atoms. The van der Waals surface area contributed by atoms with Gasteiger partial charge in [0.1, 0.15) is 3.70 Å². The van der Waals surface area contributed by atoms with E-state index in [0.29, 0.717) is 0 Å². The lowest BCUT2D eigenvalue weighted by Crippen LogP contribution is -1.96. The topological polar surface area (TPSA) is 38.0 Å². The molecule has 0 aliphatic carbocycles. The summed E-state index contributed by atoms with van der Waals surface area (Å²) in [6, 6.07) is 1.85. The first kappa shape index (κ1) is 7.01. The highest BCUT2D eigenvalue weighted by atomic mass is 127. The van der Waals surface area contributed by atoms with E-state index in [1.165, 1.54) is 0 Å². The molecule has 1 heterocycles. The smallest absolute Gasteiger partial charge is 0.123 e. The molecule has 3 nitrogen and oxygen atoms in total. The van der Waals surface area contributed by atoms with Crippen molar-refractivity contribution in [1.29, 1.82) is 0 Å². The number of hydrogen-bond acceptors (Lipinski definition) is 2. The van der Waals surface area contributed by atoms with E-state index >= 15 is 0 Å². The maximum Gasteiger partial charge on any atom is 0.123 e. The van der Waals surface area contributed by atoms with Crippen LogP contribution in [0.3, 0.4) is 0 Å². The van der Waals surface area contributed by atoms with Crippen molar-refractivity contribution in [2.24, 2.45) is 7.05 Å². The molecule has 0 aliphatic rings. The van der Waals surface area contributed by atoms with E-state index < -0.39 is 0 Å². The summed E-state index contributed by atoms with van der Waals surface area (Å²) in [6.45, 7) is 0.0620. The number of aryl methyl sites for hydroxylation is 1. The minimum Gasteiger partial charge on any atom is -0.390 e. The molecule has 9 heavy (non-hydrogen) atoms.